The number of para-hydroxylation sites is 1. The minimum Gasteiger partial charge on any atom is -0.496 e. The van der Waals surface area contributed by atoms with Crippen molar-refractivity contribution in [1.29, 1.82) is 0 Å². The lowest BCUT2D eigenvalue weighted by Gasteiger charge is -2.23. The van der Waals surface area contributed by atoms with E-state index in [0.717, 1.165) is 13.1 Å². The Labute approximate surface area is 126 Å². The van der Waals surface area contributed by atoms with Crippen LogP contribution in [0.25, 0.3) is 0 Å². The number of likely N-dealkylation sites (tertiary alicyclic amines) is 1. The number of methoxy groups -OCH3 is 1. The molecule has 1 aromatic carbocycles. The van der Waals surface area contributed by atoms with Gasteiger partial charge in [-0.05, 0) is 38.1 Å². The van der Waals surface area contributed by atoms with E-state index in [9.17, 15) is 4.79 Å². The van der Waals surface area contributed by atoms with Gasteiger partial charge in [0.15, 0.2) is 0 Å². The molecule has 1 heterocycles. The third-order valence-electron chi connectivity index (χ3n) is 3.76. The van der Waals surface area contributed by atoms with Crippen LogP contribution in [0, 0.1) is 0 Å². The largest absolute Gasteiger partial charge is 0.496 e. The highest BCUT2D eigenvalue weighted by atomic mass is 35.5. The highest BCUT2D eigenvalue weighted by Crippen LogP contribution is 2.18. The molecular formula is C15H23ClN2O2. The second-order valence-corrected chi connectivity index (χ2v) is 4.83. The van der Waals surface area contributed by atoms with Crippen LogP contribution in [0.1, 0.15) is 30.1 Å². The van der Waals surface area contributed by atoms with E-state index in [-0.39, 0.29) is 18.3 Å². The fourth-order valence-electron chi connectivity index (χ4n) is 2.68. The van der Waals surface area contributed by atoms with Crippen molar-refractivity contribution >= 4 is 18.3 Å². The van der Waals surface area contributed by atoms with Gasteiger partial charge in [-0.1, -0.05) is 19.1 Å². The first kappa shape index (κ1) is 16.8. The average molecular weight is 299 g/mol. The van der Waals surface area contributed by atoms with Crippen LogP contribution in [0.2, 0.25) is 0 Å². The van der Waals surface area contributed by atoms with Gasteiger partial charge in [-0.25, -0.2) is 0 Å². The SMILES string of the molecule is CCN1CCCC1CNC(=O)c1ccccc1OC.Cl. The number of nitrogens with zero attached hydrogens (tertiary/aromatic N) is 1. The molecule has 0 saturated carbocycles. The average Bonchev–Trinajstić information content (AvgIpc) is 2.92. The molecule has 0 aromatic heterocycles. The van der Waals surface area contributed by atoms with Gasteiger partial charge in [-0.3, -0.25) is 9.69 Å². The molecule has 1 atom stereocenters. The lowest BCUT2D eigenvalue weighted by molar-refractivity contribution is 0.0938. The van der Waals surface area contributed by atoms with Crippen molar-refractivity contribution in [2.24, 2.45) is 0 Å². The molecule has 2 rings (SSSR count). The molecule has 1 unspecified atom stereocenters. The number of hydrogen-bond acceptors (Lipinski definition) is 3. The van der Waals surface area contributed by atoms with E-state index in [1.807, 2.05) is 18.2 Å². The lowest BCUT2D eigenvalue weighted by Crippen LogP contribution is -2.40. The van der Waals surface area contributed by atoms with Gasteiger partial charge in [-0.15, -0.1) is 12.4 Å². The van der Waals surface area contributed by atoms with E-state index in [0.29, 0.717) is 23.9 Å². The van der Waals surface area contributed by atoms with Crippen molar-refractivity contribution in [3.8, 4) is 5.75 Å². The second kappa shape index (κ2) is 8.12. The van der Waals surface area contributed by atoms with E-state index < -0.39 is 0 Å². The van der Waals surface area contributed by atoms with E-state index >= 15 is 0 Å². The van der Waals surface area contributed by atoms with E-state index in [1.165, 1.54) is 12.8 Å². The maximum atomic E-state index is 12.2. The molecule has 112 valence electrons. The molecule has 0 bridgehead atoms. The zero-order valence-corrected chi connectivity index (χ0v) is 12.9. The molecule has 1 N–H and O–H groups in total. The van der Waals surface area contributed by atoms with E-state index in [2.05, 4.69) is 17.1 Å². The summed E-state index contributed by atoms with van der Waals surface area (Å²) in [4.78, 5) is 14.6. The number of likely N-dealkylation sites (N-methyl/N-ethyl adjacent to an activating group) is 1. The molecular weight excluding hydrogens is 276 g/mol. The first-order valence-electron chi connectivity index (χ1n) is 6.91. The predicted octanol–water partition coefficient (Wildman–Crippen LogP) is 2.33. The van der Waals surface area contributed by atoms with Gasteiger partial charge in [0.05, 0.1) is 12.7 Å². The molecule has 20 heavy (non-hydrogen) atoms. The van der Waals surface area contributed by atoms with Gasteiger partial charge in [0.25, 0.3) is 5.91 Å². The predicted molar refractivity (Wildman–Crippen MR) is 82.8 cm³/mol. The number of ether oxygens (including phenoxy) is 1. The van der Waals surface area contributed by atoms with Crippen LogP contribution in [-0.4, -0.2) is 43.6 Å². The van der Waals surface area contributed by atoms with E-state index in [4.69, 9.17) is 4.74 Å². The van der Waals surface area contributed by atoms with Crippen LogP contribution in [0.3, 0.4) is 0 Å². The number of carbonyl (C=O) groups is 1. The molecule has 1 fully saturated rings. The Kier molecular flexibility index (Phi) is 6.82. The highest BCUT2D eigenvalue weighted by molar-refractivity contribution is 5.96. The Bertz CT molecular complexity index is 440. The van der Waals surface area contributed by atoms with Gasteiger partial charge in [0.2, 0.25) is 0 Å². The summed E-state index contributed by atoms with van der Waals surface area (Å²) in [6.45, 7) is 5.08. The number of amides is 1. The summed E-state index contributed by atoms with van der Waals surface area (Å²) in [5.74, 6) is 0.569. The minimum atomic E-state index is -0.0552. The van der Waals surface area contributed by atoms with Crippen LogP contribution in [-0.2, 0) is 0 Å². The van der Waals surface area contributed by atoms with Crippen LogP contribution < -0.4 is 10.1 Å². The zero-order valence-electron chi connectivity index (χ0n) is 12.1. The van der Waals surface area contributed by atoms with Crippen molar-refractivity contribution < 1.29 is 9.53 Å². The Hall–Kier alpha value is -1.26. The fraction of sp³-hybridized carbons (Fsp3) is 0.533. The summed E-state index contributed by atoms with van der Waals surface area (Å²) in [6, 6.07) is 7.80. The maximum absolute atomic E-state index is 12.2. The third kappa shape index (κ3) is 3.87. The lowest BCUT2D eigenvalue weighted by atomic mass is 10.1. The normalized spacial score (nSPS) is 18.4. The standard InChI is InChI=1S/C15H22N2O2.ClH/c1-3-17-10-6-7-12(17)11-16-15(18)13-8-4-5-9-14(13)19-2;/h4-5,8-9,12H,3,6-7,10-11H2,1-2H3,(H,16,18);1H. The quantitative estimate of drug-likeness (QED) is 0.907. The molecule has 0 radical (unpaired) electrons. The molecule has 1 amide bonds. The Morgan fingerprint density at radius 2 is 2.20 bits per heavy atom. The Morgan fingerprint density at radius 3 is 2.90 bits per heavy atom. The first-order valence-corrected chi connectivity index (χ1v) is 6.91. The molecule has 1 saturated heterocycles. The van der Waals surface area contributed by atoms with Crippen molar-refractivity contribution in [1.82, 2.24) is 10.2 Å². The molecule has 5 heteroatoms. The van der Waals surface area contributed by atoms with Gasteiger partial charge in [0.1, 0.15) is 5.75 Å². The van der Waals surface area contributed by atoms with Gasteiger partial charge < -0.3 is 10.1 Å². The van der Waals surface area contributed by atoms with Gasteiger partial charge >= 0.3 is 0 Å². The Morgan fingerprint density at radius 1 is 1.45 bits per heavy atom. The summed E-state index contributed by atoms with van der Waals surface area (Å²) in [6.07, 6.45) is 2.39. The second-order valence-electron chi connectivity index (χ2n) is 4.83. The number of hydrogen-bond donors (Lipinski definition) is 1. The summed E-state index contributed by atoms with van der Waals surface area (Å²) >= 11 is 0. The van der Waals surface area contributed by atoms with Crippen molar-refractivity contribution in [3.05, 3.63) is 29.8 Å². The van der Waals surface area contributed by atoms with Gasteiger partial charge in [0, 0.05) is 12.6 Å². The number of carbonyl (C=O) groups excluding carboxylic acids is 1. The summed E-state index contributed by atoms with van der Waals surface area (Å²) in [7, 11) is 1.59. The number of benzene rings is 1. The highest BCUT2D eigenvalue weighted by Gasteiger charge is 2.23. The monoisotopic (exact) mass is 298 g/mol. The van der Waals surface area contributed by atoms with Crippen LogP contribution in [0.4, 0.5) is 0 Å². The maximum Gasteiger partial charge on any atom is 0.255 e. The molecule has 1 aromatic rings. The van der Waals surface area contributed by atoms with Gasteiger partial charge in [-0.2, -0.15) is 0 Å². The van der Waals surface area contributed by atoms with E-state index in [1.54, 1.807) is 13.2 Å². The zero-order chi connectivity index (χ0) is 13.7. The van der Waals surface area contributed by atoms with Crippen LogP contribution in [0.15, 0.2) is 24.3 Å². The minimum absolute atomic E-state index is 0. The summed E-state index contributed by atoms with van der Waals surface area (Å²) in [5.41, 5.74) is 0.603. The number of nitrogens with one attached hydrogen (secondary N) is 1. The molecule has 1 aliphatic heterocycles. The van der Waals surface area contributed by atoms with Crippen LogP contribution >= 0.6 is 12.4 Å². The topological polar surface area (TPSA) is 41.6 Å². The molecule has 0 spiro atoms. The Balaban J connectivity index is 0.00000200. The third-order valence-corrected chi connectivity index (χ3v) is 3.76. The first-order chi connectivity index (χ1) is 9.26. The summed E-state index contributed by atoms with van der Waals surface area (Å²) in [5, 5.41) is 3.02. The summed E-state index contributed by atoms with van der Waals surface area (Å²) < 4.78 is 5.21. The van der Waals surface area contributed by atoms with Crippen LogP contribution in [0.5, 0.6) is 5.75 Å². The fourth-order valence-corrected chi connectivity index (χ4v) is 2.68. The molecule has 1 aliphatic rings. The van der Waals surface area contributed by atoms with Crippen molar-refractivity contribution in [3.63, 3.8) is 0 Å². The molecule has 4 nitrogen and oxygen atoms in total. The van der Waals surface area contributed by atoms with Crippen molar-refractivity contribution in [2.75, 3.05) is 26.7 Å². The number of halogens is 1. The smallest absolute Gasteiger partial charge is 0.255 e. The van der Waals surface area contributed by atoms with Crippen molar-refractivity contribution in [2.45, 2.75) is 25.8 Å². The molecule has 0 aliphatic carbocycles. The number of rotatable bonds is 5.